The highest BCUT2D eigenvalue weighted by atomic mass is 16.1. The van der Waals surface area contributed by atoms with Gasteiger partial charge in [0.2, 0.25) is 0 Å². The third kappa shape index (κ3) is 2.19. The first-order valence-electron chi connectivity index (χ1n) is 5.54. The maximum atomic E-state index is 11.9. The molecule has 2 atom stereocenters. The van der Waals surface area contributed by atoms with Crippen LogP contribution in [0.2, 0.25) is 0 Å². The van der Waals surface area contributed by atoms with Crippen LogP contribution in [-0.2, 0) is 17.8 Å². The molecule has 2 unspecified atom stereocenters. The summed E-state index contributed by atoms with van der Waals surface area (Å²) in [5, 5.41) is 4.04. The summed E-state index contributed by atoms with van der Waals surface area (Å²) in [6.45, 7) is 2.72. The van der Waals surface area contributed by atoms with Crippen molar-refractivity contribution in [2.45, 2.75) is 32.4 Å². The number of rotatable bonds is 4. The van der Waals surface area contributed by atoms with Gasteiger partial charge in [0.15, 0.2) is 0 Å². The van der Waals surface area contributed by atoms with Gasteiger partial charge in [0, 0.05) is 18.5 Å². The molecule has 5 nitrogen and oxygen atoms in total. The lowest BCUT2D eigenvalue weighted by molar-refractivity contribution is -0.121. The summed E-state index contributed by atoms with van der Waals surface area (Å²) in [7, 11) is 0. The number of hydrogen-bond donors (Lipinski definition) is 1. The SMILES string of the molecule is CCn1ncnc1CC(=O)C1C=CC(N)C1. The van der Waals surface area contributed by atoms with E-state index in [4.69, 9.17) is 5.73 Å². The molecule has 0 amide bonds. The van der Waals surface area contributed by atoms with Gasteiger partial charge in [-0.2, -0.15) is 5.10 Å². The van der Waals surface area contributed by atoms with Gasteiger partial charge in [0.05, 0.1) is 6.42 Å². The van der Waals surface area contributed by atoms with Crippen molar-refractivity contribution in [3.05, 3.63) is 24.3 Å². The fourth-order valence-electron chi connectivity index (χ4n) is 1.94. The second kappa shape index (κ2) is 4.57. The maximum Gasteiger partial charge on any atom is 0.147 e. The van der Waals surface area contributed by atoms with E-state index in [2.05, 4.69) is 10.1 Å². The number of aromatic nitrogens is 3. The number of carbonyl (C=O) groups is 1. The average Bonchev–Trinajstić information content (AvgIpc) is 2.86. The van der Waals surface area contributed by atoms with E-state index in [1.54, 1.807) is 4.68 Å². The number of ketones is 1. The molecule has 0 spiro atoms. The van der Waals surface area contributed by atoms with Crippen LogP contribution in [-0.4, -0.2) is 26.6 Å². The van der Waals surface area contributed by atoms with E-state index in [0.717, 1.165) is 18.8 Å². The number of hydrogen-bond acceptors (Lipinski definition) is 4. The predicted octanol–water partition coefficient (Wildman–Crippen LogP) is 0.313. The van der Waals surface area contributed by atoms with Crippen LogP contribution in [0.15, 0.2) is 18.5 Å². The van der Waals surface area contributed by atoms with Crippen molar-refractivity contribution in [3.8, 4) is 0 Å². The van der Waals surface area contributed by atoms with Crippen molar-refractivity contribution >= 4 is 5.78 Å². The molecule has 2 rings (SSSR count). The van der Waals surface area contributed by atoms with Gasteiger partial charge in [-0.15, -0.1) is 0 Å². The molecule has 0 radical (unpaired) electrons. The number of carbonyl (C=O) groups excluding carboxylic acids is 1. The first-order chi connectivity index (χ1) is 7.70. The van der Waals surface area contributed by atoms with E-state index < -0.39 is 0 Å². The van der Waals surface area contributed by atoms with Gasteiger partial charge in [-0.1, -0.05) is 12.2 Å². The Morgan fingerprint density at radius 2 is 2.44 bits per heavy atom. The molecule has 0 fully saturated rings. The highest BCUT2D eigenvalue weighted by Gasteiger charge is 2.23. The number of aryl methyl sites for hydroxylation is 1. The third-order valence-corrected chi connectivity index (χ3v) is 2.86. The van der Waals surface area contributed by atoms with E-state index in [9.17, 15) is 4.79 Å². The van der Waals surface area contributed by atoms with Crippen LogP contribution in [0.25, 0.3) is 0 Å². The Labute approximate surface area is 94.3 Å². The summed E-state index contributed by atoms with van der Waals surface area (Å²) in [5.74, 6) is 0.866. The van der Waals surface area contributed by atoms with Gasteiger partial charge in [-0.3, -0.25) is 4.79 Å². The molecule has 1 aromatic rings. The van der Waals surface area contributed by atoms with Gasteiger partial charge < -0.3 is 5.73 Å². The van der Waals surface area contributed by atoms with Crippen LogP contribution in [0.1, 0.15) is 19.2 Å². The molecule has 1 aliphatic rings. The van der Waals surface area contributed by atoms with Crippen LogP contribution in [0.4, 0.5) is 0 Å². The Hall–Kier alpha value is -1.49. The monoisotopic (exact) mass is 220 g/mol. The molecule has 1 heterocycles. The zero-order valence-electron chi connectivity index (χ0n) is 9.34. The van der Waals surface area contributed by atoms with Crippen molar-refractivity contribution < 1.29 is 4.79 Å². The summed E-state index contributed by atoms with van der Waals surface area (Å²) >= 11 is 0. The van der Waals surface area contributed by atoms with E-state index in [-0.39, 0.29) is 17.7 Å². The van der Waals surface area contributed by atoms with Crippen LogP contribution in [0.3, 0.4) is 0 Å². The minimum absolute atomic E-state index is 0.0259. The molecular weight excluding hydrogens is 204 g/mol. The normalized spacial score (nSPS) is 23.9. The van der Waals surface area contributed by atoms with E-state index in [1.807, 2.05) is 19.1 Å². The number of allylic oxidation sites excluding steroid dienone is 1. The van der Waals surface area contributed by atoms with E-state index >= 15 is 0 Å². The standard InChI is InChI=1S/C11H16N4O/c1-2-15-11(13-7-14-15)6-10(16)8-3-4-9(12)5-8/h3-4,7-9H,2,5-6,12H2,1H3. The second-order valence-electron chi connectivity index (χ2n) is 4.03. The quantitative estimate of drug-likeness (QED) is 0.741. The lowest BCUT2D eigenvalue weighted by Gasteiger charge is -2.08. The number of Topliss-reactive ketones (excluding diaryl/α,β-unsaturated/α-hetero) is 1. The minimum atomic E-state index is -0.0444. The summed E-state index contributed by atoms with van der Waals surface area (Å²) < 4.78 is 1.75. The molecule has 1 aliphatic carbocycles. The fourth-order valence-corrected chi connectivity index (χ4v) is 1.94. The highest BCUT2D eigenvalue weighted by molar-refractivity contribution is 5.84. The smallest absolute Gasteiger partial charge is 0.147 e. The van der Waals surface area contributed by atoms with E-state index in [1.165, 1.54) is 6.33 Å². The lowest BCUT2D eigenvalue weighted by atomic mass is 10.00. The first kappa shape index (κ1) is 11.0. The molecule has 1 aromatic heterocycles. The predicted molar refractivity (Wildman–Crippen MR) is 59.6 cm³/mol. The maximum absolute atomic E-state index is 11.9. The Morgan fingerprint density at radius 3 is 3.06 bits per heavy atom. The molecule has 0 saturated heterocycles. The Kier molecular flexibility index (Phi) is 3.14. The summed E-state index contributed by atoms with van der Waals surface area (Å²) in [5.41, 5.74) is 5.72. The molecule has 5 heteroatoms. The third-order valence-electron chi connectivity index (χ3n) is 2.86. The Bertz CT molecular complexity index is 410. The highest BCUT2D eigenvalue weighted by Crippen LogP contribution is 2.18. The molecule has 2 N–H and O–H groups in total. The first-order valence-corrected chi connectivity index (χ1v) is 5.54. The van der Waals surface area contributed by atoms with Crippen LogP contribution < -0.4 is 5.73 Å². The van der Waals surface area contributed by atoms with Gasteiger partial charge in [-0.25, -0.2) is 9.67 Å². The lowest BCUT2D eigenvalue weighted by Crippen LogP contribution is -2.21. The minimum Gasteiger partial charge on any atom is -0.324 e. The molecule has 16 heavy (non-hydrogen) atoms. The molecular formula is C11H16N4O. The topological polar surface area (TPSA) is 73.8 Å². The molecule has 0 saturated carbocycles. The summed E-state index contributed by atoms with van der Waals surface area (Å²) in [6.07, 6.45) is 6.35. The van der Waals surface area contributed by atoms with Crippen molar-refractivity contribution in [3.63, 3.8) is 0 Å². The zero-order valence-corrected chi connectivity index (χ0v) is 9.34. The molecule has 86 valence electrons. The molecule has 0 aromatic carbocycles. The van der Waals surface area contributed by atoms with Gasteiger partial charge in [0.25, 0.3) is 0 Å². The molecule has 0 bridgehead atoms. The van der Waals surface area contributed by atoms with Crippen LogP contribution in [0, 0.1) is 5.92 Å². The van der Waals surface area contributed by atoms with E-state index in [0.29, 0.717) is 6.42 Å². The number of nitrogens with two attached hydrogens (primary N) is 1. The summed E-state index contributed by atoms with van der Waals surface area (Å²) in [6, 6.07) is 0.0259. The largest absolute Gasteiger partial charge is 0.324 e. The average molecular weight is 220 g/mol. The van der Waals surface area contributed by atoms with Crippen molar-refractivity contribution in [2.75, 3.05) is 0 Å². The van der Waals surface area contributed by atoms with Crippen molar-refractivity contribution in [2.24, 2.45) is 11.7 Å². The fraction of sp³-hybridized carbons (Fsp3) is 0.545. The summed E-state index contributed by atoms with van der Waals surface area (Å²) in [4.78, 5) is 16.0. The van der Waals surface area contributed by atoms with Gasteiger partial charge in [0.1, 0.15) is 17.9 Å². The van der Waals surface area contributed by atoms with Gasteiger partial charge in [-0.05, 0) is 13.3 Å². The van der Waals surface area contributed by atoms with Crippen molar-refractivity contribution in [1.29, 1.82) is 0 Å². The van der Waals surface area contributed by atoms with Crippen molar-refractivity contribution in [1.82, 2.24) is 14.8 Å². The van der Waals surface area contributed by atoms with Gasteiger partial charge >= 0.3 is 0 Å². The Morgan fingerprint density at radius 1 is 1.62 bits per heavy atom. The number of nitrogens with zero attached hydrogens (tertiary/aromatic N) is 3. The Balaban J connectivity index is 2.00. The van der Waals surface area contributed by atoms with Crippen LogP contribution >= 0.6 is 0 Å². The zero-order chi connectivity index (χ0) is 11.5. The second-order valence-corrected chi connectivity index (χ2v) is 4.03. The molecule has 0 aliphatic heterocycles. The van der Waals surface area contributed by atoms with Crippen LogP contribution in [0.5, 0.6) is 0 Å².